The van der Waals surface area contributed by atoms with Crippen LogP contribution in [-0.2, 0) is 16.3 Å². The Balaban J connectivity index is 2.71. The third-order valence-corrected chi connectivity index (χ3v) is 4.71. The topological polar surface area (TPSA) is 71.4 Å². The van der Waals surface area contributed by atoms with Crippen molar-refractivity contribution >= 4 is 15.8 Å². The predicted molar refractivity (Wildman–Crippen MR) is 58.5 cm³/mol. The van der Waals surface area contributed by atoms with Gasteiger partial charge in [-0.15, -0.1) is 0 Å². The third-order valence-electron chi connectivity index (χ3n) is 2.83. The summed E-state index contributed by atoms with van der Waals surface area (Å²) in [5.74, 6) is -0.969. The fourth-order valence-corrected chi connectivity index (χ4v) is 3.63. The Morgan fingerprint density at radius 2 is 2.06 bits per heavy atom. The van der Waals surface area contributed by atoms with E-state index in [1.807, 2.05) is 0 Å². The molecule has 16 heavy (non-hydrogen) atoms. The second-order valence-electron chi connectivity index (χ2n) is 4.00. The van der Waals surface area contributed by atoms with Crippen LogP contribution in [0.3, 0.4) is 0 Å². The molecule has 86 valence electrons. The molecule has 0 bridgehead atoms. The number of fused-ring (bicyclic) bond motifs is 1. The second-order valence-corrected chi connectivity index (χ2v) is 6.08. The summed E-state index contributed by atoms with van der Waals surface area (Å²) in [6.07, 6.45) is 1.32. The zero-order valence-electron chi connectivity index (χ0n) is 8.86. The van der Waals surface area contributed by atoms with Gasteiger partial charge in [-0.1, -0.05) is 6.07 Å². The number of carbonyl (C=O) groups is 1. The third kappa shape index (κ3) is 1.71. The minimum Gasteiger partial charge on any atom is -0.478 e. The summed E-state index contributed by atoms with van der Waals surface area (Å²) in [6.45, 7) is 1.69. The van der Waals surface area contributed by atoms with E-state index in [0.29, 0.717) is 18.4 Å². The molecule has 1 N–H and O–H groups in total. The summed E-state index contributed by atoms with van der Waals surface area (Å²) in [7, 11) is -3.28. The maximum atomic E-state index is 11.8. The van der Waals surface area contributed by atoms with E-state index in [-0.39, 0.29) is 16.2 Å². The average molecular weight is 240 g/mol. The molecule has 1 aliphatic heterocycles. The maximum Gasteiger partial charge on any atom is 0.335 e. The molecule has 1 aromatic carbocycles. The Kier molecular flexibility index (Phi) is 2.50. The molecule has 5 heteroatoms. The molecule has 0 aliphatic carbocycles. The number of benzene rings is 1. The normalized spacial score (nSPS) is 17.8. The van der Waals surface area contributed by atoms with Gasteiger partial charge in [0.1, 0.15) is 0 Å². The van der Waals surface area contributed by atoms with Crippen LogP contribution >= 0.6 is 0 Å². The van der Waals surface area contributed by atoms with Crippen LogP contribution < -0.4 is 0 Å². The highest BCUT2D eigenvalue weighted by atomic mass is 32.2. The second kappa shape index (κ2) is 3.59. The summed E-state index contributed by atoms with van der Waals surface area (Å²) in [4.78, 5) is 11.1. The van der Waals surface area contributed by atoms with Crippen molar-refractivity contribution in [2.24, 2.45) is 0 Å². The van der Waals surface area contributed by atoms with Crippen molar-refractivity contribution in [2.75, 3.05) is 5.75 Å². The van der Waals surface area contributed by atoms with Crippen molar-refractivity contribution in [3.8, 4) is 0 Å². The molecule has 0 radical (unpaired) electrons. The van der Waals surface area contributed by atoms with E-state index in [9.17, 15) is 13.2 Å². The van der Waals surface area contributed by atoms with Crippen LogP contribution in [0.15, 0.2) is 17.0 Å². The van der Waals surface area contributed by atoms with E-state index in [0.717, 1.165) is 5.56 Å². The summed E-state index contributed by atoms with van der Waals surface area (Å²) < 4.78 is 23.5. The van der Waals surface area contributed by atoms with Crippen LogP contribution in [0.1, 0.15) is 27.9 Å². The SMILES string of the molecule is Cc1cc2c(cc1C(=O)O)S(=O)(=O)CCC2. The number of rotatable bonds is 1. The number of aryl methyl sites for hydroxylation is 2. The van der Waals surface area contributed by atoms with Gasteiger partial charge in [0.15, 0.2) is 9.84 Å². The van der Waals surface area contributed by atoms with Crippen LogP contribution in [0.2, 0.25) is 0 Å². The lowest BCUT2D eigenvalue weighted by Gasteiger charge is -2.17. The first-order valence-electron chi connectivity index (χ1n) is 5.01. The lowest BCUT2D eigenvalue weighted by Crippen LogP contribution is -2.17. The van der Waals surface area contributed by atoms with Gasteiger partial charge in [-0.25, -0.2) is 13.2 Å². The van der Waals surface area contributed by atoms with Gasteiger partial charge in [0.05, 0.1) is 16.2 Å². The van der Waals surface area contributed by atoms with Crippen molar-refractivity contribution < 1.29 is 18.3 Å². The van der Waals surface area contributed by atoms with E-state index < -0.39 is 15.8 Å². The van der Waals surface area contributed by atoms with Gasteiger partial charge in [0.2, 0.25) is 0 Å². The van der Waals surface area contributed by atoms with Gasteiger partial charge >= 0.3 is 5.97 Å². The largest absolute Gasteiger partial charge is 0.478 e. The van der Waals surface area contributed by atoms with Gasteiger partial charge in [0, 0.05) is 0 Å². The highest BCUT2D eigenvalue weighted by Crippen LogP contribution is 2.27. The molecular weight excluding hydrogens is 228 g/mol. The Labute approximate surface area is 93.8 Å². The van der Waals surface area contributed by atoms with Crippen LogP contribution in [-0.4, -0.2) is 25.2 Å². The lowest BCUT2D eigenvalue weighted by molar-refractivity contribution is 0.0696. The standard InChI is InChI=1S/C11H12O4S/c1-7-5-8-3-2-4-16(14,15)10(8)6-9(7)11(12)13/h5-6H,2-4H2,1H3,(H,12,13). The van der Waals surface area contributed by atoms with Gasteiger partial charge in [0.25, 0.3) is 0 Å². The highest BCUT2D eigenvalue weighted by Gasteiger charge is 2.25. The molecule has 1 aliphatic rings. The monoisotopic (exact) mass is 240 g/mol. The minimum absolute atomic E-state index is 0.0734. The Bertz CT molecular complexity index is 558. The highest BCUT2D eigenvalue weighted by molar-refractivity contribution is 7.91. The first-order chi connectivity index (χ1) is 7.42. The molecule has 0 fully saturated rings. The van der Waals surface area contributed by atoms with Gasteiger partial charge in [-0.05, 0) is 37.0 Å². The average Bonchev–Trinajstić information content (AvgIpc) is 2.15. The molecule has 0 spiro atoms. The van der Waals surface area contributed by atoms with Crippen LogP contribution in [0.5, 0.6) is 0 Å². The molecule has 0 saturated heterocycles. The molecule has 0 saturated carbocycles. The molecule has 0 unspecified atom stereocenters. The smallest absolute Gasteiger partial charge is 0.335 e. The molecule has 1 aromatic rings. The number of carboxylic acid groups (broad SMARTS) is 1. The summed E-state index contributed by atoms with van der Waals surface area (Å²) in [5, 5.41) is 8.94. The first-order valence-corrected chi connectivity index (χ1v) is 6.66. The van der Waals surface area contributed by atoms with Gasteiger partial charge in [-0.3, -0.25) is 0 Å². The van der Waals surface area contributed by atoms with Crippen LogP contribution in [0.4, 0.5) is 0 Å². The maximum absolute atomic E-state index is 11.8. The first kappa shape index (κ1) is 11.1. The number of hydrogen-bond donors (Lipinski definition) is 1. The zero-order chi connectivity index (χ0) is 11.9. The quantitative estimate of drug-likeness (QED) is 0.805. The fourth-order valence-electron chi connectivity index (χ4n) is 2.03. The van der Waals surface area contributed by atoms with Crippen LogP contribution in [0, 0.1) is 6.92 Å². The predicted octanol–water partition coefficient (Wildman–Crippen LogP) is 1.41. The molecule has 4 nitrogen and oxygen atoms in total. The molecule has 1 heterocycles. The molecule has 2 rings (SSSR count). The number of sulfone groups is 1. The summed E-state index contributed by atoms with van der Waals surface area (Å²) >= 11 is 0. The van der Waals surface area contributed by atoms with Crippen molar-refractivity contribution in [3.63, 3.8) is 0 Å². The van der Waals surface area contributed by atoms with E-state index in [1.165, 1.54) is 6.07 Å². The number of aromatic carboxylic acids is 1. The molecule has 0 atom stereocenters. The van der Waals surface area contributed by atoms with Crippen molar-refractivity contribution in [1.29, 1.82) is 0 Å². The fraction of sp³-hybridized carbons (Fsp3) is 0.364. The van der Waals surface area contributed by atoms with Crippen molar-refractivity contribution in [2.45, 2.75) is 24.7 Å². The van der Waals surface area contributed by atoms with Crippen molar-refractivity contribution in [1.82, 2.24) is 0 Å². The molecular formula is C11H12O4S. The summed E-state index contributed by atoms with van der Waals surface area (Å²) in [6, 6.07) is 2.97. The van der Waals surface area contributed by atoms with E-state index >= 15 is 0 Å². The molecule has 0 amide bonds. The Hall–Kier alpha value is -1.36. The number of carboxylic acids is 1. The van der Waals surface area contributed by atoms with E-state index in [4.69, 9.17) is 5.11 Å². The van der Waals surface area contributed by atoms with E-state index in [1.54, 1.807) is 13.0 Å². The van der Waals surface area contributed by atoms with Crippen LogP contribution in [0.25, 0.3) is 0 Å². The van der Waals surface area contributed by atoms with Gasteiger partial charge < -0.3 is 5.11 Å². The van der Waals surface area contributed by atoms with Gasteiger partial charge in [-0.2, -0.15) is 0 Å². The van der Waals surface area contributed by atoms with E-state index in [2.05, 4.69) is 0 Å². The zero-order valence-corrected chi connectivity index (χ0v) is 9.67. The van der Waals surface area contributed by atoms with Crippen molar-refractivity contribution in [3.05, 3.63) is 28.8 Å². The summed E-state index contributed by atoms with van der Waals surface area (Å²) in [5.41, 5.74) is 1.43. The Morgan fingerprint density at radius 3 is 2.69 bits per heavy atom. The molecule has 0 aromatic heterocycles. The Morgan fingerprint density at radius 1 is 1.38 bits per heavy atom. The number of hydrogen-bond acceptors (Lipinski definition) is 3. The lowest BCUT2D eigenvalue weighted by atomic mass is 10.0. The minimum atomic E-state index is -3.28.